The van der Waals surface area contributed by atoms with Crippen molar-refractivity contribution in [2.24, 2.45) is 0 Å². The van der Waals surface area contributed by atoms with Gasteiger partial charge >= 0.3 is 5.97 Å². The lowest BCUT2D eigenvalue weighted by Gasteiger charge is -2.13. The van der Waals surface area contributed by atoms with Crippen LogP contribution in [0.2, 0.25) is 10.0 Å². The van der Waals surface area contributed by atoms with E-state index in [2.05, 4.69) is 4.74 Å². The van der Waals surface area contributed by atoms with E-state index < -0.39 is 27.7 Å². The monoisotopic (exact) mass is 312 g/mol. The molecule has 0 fully saturated rings. The van der Waals surface area contributed by atoms with Gasteiger partial charge in [-0.15, -0.1) is 0 Å². The van der Waals surface area contributed by atoms with Gasteiger partial charge in [0.25, 0.3) is 0 Å². The normalized spacial score (nSPS) is 13.3. The molecule has 0 bridgehead atoms. The van der Waals surface area contributed by atoms with E-state index in [4.69, 9.17) is 28.3 Å². The predicted molar refractivity (Wildman–Crippen MR) is 66.9 cm³/mol. The predicted octanol–water partition coefficient (Wildman–Crippen LogP) is 1.87. The number of hydrogen-bond donors (Lipinski definition) is 1. The van der Waals surface area contributed by atoms with E-state index in [0.717, 1.165) is 6.07 Å². The van der Waals surface area contributed by atoms with Crippen molar-refractivity contribution in [1.29, 1.82) is 0 Å². The Morgan fingerprint density at radius 1 is 1.39 bits per heavy atom. The number of ether oxygens (including phenoxy) is 1. The summed E-state index contributed by atoms with van der Waals surface area (Å²) in [5, 5.41) is 7.46. The van der Waals surface area contributed by atoms with Gasteiger partial charge in [0.1, 0.15) is 0 Å². The molecule has 1 N–H and O–H groups in total. The van der Waals surface area contributed by atoms with Crippen LogP contribution in [0, 0.1) is 0 Å². The number of sulfone groups is 1. The number of aliphatic carboxylic acids is 1. The van der Waals surface area contributed by atoms with Crippen molar-refractivity contribution < 1.29 is 23.1 Å². The lowest BCUT2D eigenvalue weighted by Crippen LogP contribution is -2.34. The van der Waals surface area contributed by atoms with Crippen LogP contribution in [0.25, 0.3) is 0 Å². The molecular weight excluding hydrogens is 303 g/mol. The lowest BCUT2D eigenvalue weighted by atomic mass is 10.4. The van der Waals surface area contributed by atoms with Gasteiger partial charge in [-0.2, -0.15) is 0 Å². The topological polar surface area (TPSA) is 80.7 Å². The summed E-state index contributed by atoms with van der Waals surface area (Å²) in [4.78, 5) is 10.7. The molecule has 1 unspecified atom stereocenters. The zero-order chi connectivity index (χ0) is 13.9. The SMILES string of the molecule is COCC(C(=O)O)S(=O)(=O)c1ccc(Cl)c(Cl)c1. The molecule has 0 radical (unpaired) electrons. The van der Waals surface area contributed by atoms with Gasteiger partial charge in [-0.3, -0.25) is 4.79 Å². The number of carboxylic acids is 1. The third kappa shape index (κ3) is 3.14. The number of benzene rings is 1. The van der Waals surface area contributed by atoms with Crippen molar-refractivity contribution in [2.75, 3.05) is 13.7 Å². The molecule has 1 aromatic carbocycles. The fourth-order valence-electron chi connectivity index (χ4n) is 1.26. The molecule has 1 aromatic rings. The summed E-state index contributed by atoms with van der Waals surface area (Å²) in [5.74, 6) is -1.48. The van der Waals surface area contributed by atoms with Gasteiger partial charge in [0.15, 0.2) is 15.1 Å². The number of halogens is 2. The van der Waals surface area contributed by atoms with Gasteiger partial charge in [-0.05, 0) is 18.2 Å². The Labute approximate surface area is 114 Å². The van der Waals surface area contributed by atoms with Crippen LogP contribution < -0.4 is 0 Å². The molecule has 1 rings (SSSR count). The third-order valence-electron chi connectivity index (χ3n) is 2.19. The highest BCUT2D eigenvalue weighted by molar-refractivity contribution is 7.92. The molecule has 100 valence electrons. The maximum Gasteiger partial charge on any atom is 0.324 e. The fraction of sp³-hybridized carbons (Fsp3) is 0.300. The molecule has 0 aliphatic rings. The summed E-state index contributed by atoms with van der Waals surface area (Å²) in [6, 6.07) is 3.61. The number of carboxylic acid groups (broad SMARTS) is 1. The van der Waals surface area contributed by atoms with Crippen LogP contribution in [0.15, 0.2) is 23.1 Å². The molecule has 0 aliphatic carbocycles. The van der Waals surface area contributed by atoms with E-state index in [9.17, 15) is 13.2 Å². The molecule has 0 saturated heterocycles. The first-order chi connectivity index (χ1) is 8.30. The Balaban J connectivity index is 3.26. The Morgan fingerprint density at radius 3 is 2.44 bits per heavy atom. The number of carbonyl (C=O) groups is 1. The molecule has 8 heteroatoms. The Morgan fingerprint density at radius 2 is 2.00 bits per heavy atom. The van der Waals surface area contributed by atoms with Gasteiger partial charge < -0.3 is 9.84 Å². The molecular formula is C10H10Cl2O5S. The molecule has 0 amide bonds. The summed E-state index contributed by atoms with van der Waals surface area (Å²) in [6.45, 7) is -0.447. The molecule has 0 spiro atoms. The van der Waals surface area contributed by atoms with Crippen LogP contribution in [0.3, 0.4) is 0 Å². The quantitative estimate of drug-likeness (QED) is 0.897. The highest BCUT2D eigenvalue weighted by atomic mass is 35.5. The summed E-state index contributed by atoms with van der Waals surface area (Å²) in [7, 11) is -2.85. The van der Waals surface area contributed by atoms with Gasteiger partial charge in [0.2, 0.25) is 0 Å². The van der Waals surface area contributed by atoms with Crippen LogP contribution in [0.1, 0.15) is 0 Å². The van der Waals surface area contributed by atoms with Crippen molar-refractivity contribution in [3.63, 3.8) is 0 Å². The minimum absolute atomic E-state index is 0.0410. The summed E-state index contributed by atoms with van der Waals surface area (Å²) in [6.07, 6.45) is 0. The molecule has 0 heterocycles. The third-order valence-corrected chi connectivity index (χ3v) is 4.92. The standard InChI is InChI=1S/C10H10Cl2O5S/c1-17-5-9(10(13)14)18(15,16)6-2-3-7(11)8(12)4-6/h2-4,9H,5H2,1H3,(H,13,14). The smallest absolute Gasteiger partial charge is 0.324 e. The van der Waals surface area contributed by atoms with E-state index >= 15 is 0 Å². The average Bonchev–Trinajstić information content (AvgIpc) is 2.28. The molecule has 18 heavy (non-hydrogen) atoms. The molecule has 0 saturated carbocycles. The minimum Gasteiger partial charge on any atom is -0.480 e. The number of rotatable bonds is 5. The lowest BCUT2D eigenvalue weighted by molar-refractivity contribution is -0.137. The van der Waals surface area contributed by atoms with Gasteiger partial charge in [0, 0.05) is 7.11 Å². The second-order valence-corrected chi connectivity index (χ2v) is 6.35. The Hall–Kier alpha value is -0.820. The van der Waals surface area contributed by atoms with E-state index in [1.807, 2.05) is 0 Å². The van der Waals surface area contributed by atoms with E-state index in [1.54, 1.807) is 0 Å². The molecule has 5 nitrogen and oxygen atoms in total. The van der Waals surface area contributed by atoms with Crippen molar-refractivity contribution in [3.05, 3.63) is 28.2 Å². The molecule has 0 aromatic heterocycles. The van der Waals surface area contributed by atoms with Crippen LogP contribution in [-0.2, 0) is 19.4 Å². The van der Waals surface area contributed by atoms with Gasteiger partial charge in [-0.25, -0.2) is 8.42 Å². The summed E-state index contributed by atoms with van der Waals surface area (Å²) < 4.78 is 28.7. The zero-order valence-corrected chi connectivity index (χ0v) is 11.6. The van der Waals surface area contributed by atoms with Crippen LogP contribution >= 0.6 is 23.2 Å². The minimum atomic E-state index is -4.07. The first kappa shape index (κ1) is 15.2. The molecule has 0 aliphatic heterocycles. The van der Waals surface area contributed by atoms with Crippen molar-refractivity contribution >= 4 is 39.0 Å². The summed E-state index contributed by atoms with van der Waals surface area (Å²) in [5.41, 5.74) is 0. The number of methoxy groups -OCH3 is 1. The largest absolute Gasteiger partial charge is 0.480 e. The average molecular weight is 313 g/mol. The van der Waals surface area contributed by atoms with Gasteiger partial charge in [0.05, 0.1) is 21.5 Å². The van der Waals surface area contributed by atoms with Crippen LogP contribution in [0.5, 0.6) is 0 Å². The second kappa shape index (κ2) is 5.88. The summed E-state index contributed by atoms with van der Waals surface area (Å²) >= 11 is 11.4. The number of hydrogen-bond acceptors (Lipinski definition) is 4. The van der Waals surface area contributed by atoms with Crippen molar-refractivity contribution in [2.45, 2.75) is 10.1 Å². The Bertz CT molecular complexity index is 555. The Kier molecular flexibility index (Phi) is 4.98. The van der Waals surface area contributed by atoms with Crippen LogP contribution in [-0.4, -0.2) is 38.5 Å². The second-order valence-electron chi connectivity index (χ2n) is 3.40. The molecule has 1 atom stereocenters. The first-order valence-corrected chi connectivity index (χ1v) is 7.01. The van der Waals surface area contributed by atoms with Gasteiger partial charge in [-0.1, -0.05) is 23.2 Å². The maximum atomic E-state index is 12.1. The van der Waals surface area contributed by atoms with Crippen molar-refractivity contribution in [1.82, 2.24) is 0 Å². The van der Waals surface area contributed by atoms with E-state index in [0.29, 0.717) is 0 Å². The highest BCUT2D eigenvalue weighted by Crippen LogP contribution is 2.26. The highest BCUT2D eigenvalue weighted by Gasteiger charge is 2.34. The first-order valence-electron chi connectivity index (χ1n) is 4.71. The van der Waals surface area contributed by atoms with E-state index in [-0.39, 0.29) is 14.9 Å². The van der Waals surface area contributed by atoms with E-state index in [1.165, 1.54) is 19.2 Å². The zero-order valence-electron chi connectivity index (χ0n) is 9.26. The maximum absolute atomic E-state index is 12.1. The fourth-order valence-corrected chi connectivity index (χ4v) is 3.07. The van der Waals surface area contributed by atoms with Crippen molar-refractivity contribution in [3.8, 4) is 0 Å². The van der Waals surface area contributed by atoms with Crippen LogP contribution in [0.4, 0.5) is 0 Å².